The van der Waals surface area contributed by atoms with E-state index < -0.39 is 17.1 Å². The first-order valence-corrected chi connectivity index (χ1v) is 5.09. The van der Waals surface area contributed by atoms with Crippen LogP contribution in [0.3, 0.4) is 0 Å². The van der Waals surface area contributed by atoms with Crippen LogP contribution in [0.2, 0.25) is 0 Å². The molecule has 0 N–H and O–H groups in total. The van der Waals surface area contributed by atoms with Crippen LogP contribution >= 0.6 is 12.6 Å². The first-order valence-electron chi connectivity index (χ1n) is 4.64. The average molecular weight is 254 g/mol. The third-order valence-corrected chi connectivity index (χ3v) is 1.96. The van der Waals surface area contributed by atoms with Crippen molar-refractivity contribution in [1.82, 2.24) is 0 Å². The molecule has 0 aliphatic heterocycles. The fourth-order valence-electron chi connectivity index (χ4n) is 1.11. The fourth-order valence-corrected chi connectivity index (χ4v) is 1.25. The van der Waals surface area contributed by atoms with Crippen molar-refractivity contribution in [3.8, 4) is 11.5 Å². The maximum Gasteiger partial charge on any atom is 0.308 e. The van der Waals surface area contributed by atoms with Crippen molar-refractivity contribution in [2.24, 2.45) is 0 Å². The van der Waals surface area contributed by atoms with Crippen molar-refractivity contribution in [2.75, 3.05) is 0 Å². The van der Waals surface area contributed by atoms with E-state index in [1.807, 2.05) is 0 Å². The molecule has 0 radical (unpaired) electrons. The van der Waals surface area contributed by atoms with Crippen LogP contribution in [-0.4, -0.2) is 17.1 Å². The van der Waals surface area contributed by atoms with Gasteiger partial charge in [-0.05, 0) is 18.2 Å². The van der Waals surface area contributed by atoms with E-state index in [2.05, 4.69) is 12.6 Å². The molecule has 0 amide bonds. The van der Waals surface area contributed by atoms with E-state index >= 15 is 0 Å². The van der Waals surface area contributed by atoms with Gasteiger partial charge in [0.25, 0.3) is 0 Å². The summed E-state index contributed by atoms with van der Waals surface area (Å²) in [5, 5.41) is -0.479. The minimum atomic E-state index is -0.581. The molecule has 1 aromatic rings. The molecule has 1 rings (SSSR count). The van der Waals surface area contributed by atoms with Crippen molar-refractivity contribution in [2.45, 2.75) is 13.8 Å². The molecule has 0 aromatic heterocycles. The van der Waals surface area contributed by atoms with Gasteiger partial charge in [0.2, 0.25) is 5.12 Å². The van der Waals surface area contributed by atoms with Gasteiger partial charge in [-0.2, -0.15) is 0 Å². The quantitative estimate of drug-likeness (QED) is 0.504. The Morgan fingerprint density at radius 3 is 2.00 bits per heavy atom. The Kier molecular flexibility index (Phi) is 4.28. The Balaban J connectivity index is 3.15. The molecule has 0 saturated heterocycles. The number of ether oxygens (including phenoxy) is 2. The standard InChI is InChI=1S/C11H10O5S/c1-6(12)15-9-4-3-8(11(14)17)5-10(9)16-7(2)13/h3-5H,1-2H3,(H,14,17). The summed E-state index contributed by atoms with van der Waals surface area (Å²) in [6.45, 7) is 2.42. The maximum atomic E-state index is 11.0. The topological polar surface area (TPSA) is 69.7 Å². The number of hydrogen-bond acceptors (Lipinski definition) is 5. The Morgan fingerprint density at radius 2 is 1.53 bits per heavy atom. The molecule has 0 unspecified atom stereocenters. The molecular weight excluding hydrogens is 244 g/mol. The monoisotopic (exact) mass is 254 g/mol. The van der Waals surface area contributed by atoms with E-state index in [4.69, 9.17) is 9.47 Å². The van der Waals surface area contributed by atoms with Crippen LogP contribution in [0.1, 0.15) is 24.2 Å². The number of benzene rings is 1. The van der Waals surface area contributed by atoms with Crippen LogP contribution in [0.25, 0.3) is 0 Å². The van der Waals surface area contributed by atoms with E-state index in [0.717, 1.165) is 0 Å². The second kappa shape index (κ2) is 5.49. The molecule has 0 aliphatic carbocycles. The Hall–Kier alpha value is -1.82. The lowest BCUT2D eigenvalue weighted by atomic mass is 10.2. The van der Waals surface area contributed by atoms with Crippen molar-refractivity contribution >= 4 is 29.7 Å². The van der Waals surface area contributed by atoms with Gasteiger partial charge in [-0.3, -0.25) is 14.4 Å². The SMILES string of the molecule is CC(=O)Oc1ccc(C(=O)S)cc1OC(C)=O. The maximum absolute atomic E-state index is 11.0. The lowest BCUT2D eigenvalue weighted by Crippen LogP contribution is -2.07. The number of carbonyl (C=O) groups is 3. The van der Waals surface area contributed by atoms with Crippen LogP contribution in [0.15, 0.2) is 18.2 Å². The van der Waals surface area contributed by atoms with Crippen LogP contribution in [-0.2, 0) is 9.59 Å². The summed E-state index contributed by atoms with van der Waals surface area (Å²) in [7, 11) is 0. The third-order valence-electron chi connectivity index (χ3n) is 1.70. The molecule has 0 heterocycles. The molecule has 90 valence electrons. The predicted octanol–water partition coefficient (Wildman–Crippen LogP) is 1.61. The molecule has 0 atom stereocenters. The van der Waals surface area contributed by atoms with E-state index in [9.17, 15) is 14.4 Å². The highest BCUT2D eigenvalue weighted by atomic mass is 32.1. The van der Waals surface area contributed by atoms with Gasteiger partial charge in [-0.1, -0.05) is 0 Å². The van der Waals surface area contributed by atoms with Gasteiger partial charge in [0.05, 0.1) is 0 Å². The molecule has 5 nitrogen and oxygen atoms in total. The lowest BCUT2D eigenvalue weighted by molar-refractivity contribution is -0.134. The highest BCUT2D eigenvalue weighted by Gasteiger charge is 2.12. The lowest BCUT2D eigenvalue weighted by Gasteiger charge is -2.09. The minimum Gasteiger partial charge on any atom is -0.423 e. The predicted molar refractivity (Wildman–Crippen MR) is 62.4 cm³/mol. The number of carbonyl (C=O) groups excluding carboxylic acids is 3. The smallest absolute Gasteiger partial charge is 0.308 e. The van der Waals surface area contributed by atoms with Gasteiger partial charge < -0.3 is 9.47 Å². The molecular formula is C11H10O5S. The number of thiol groups is 1. The Morgan fingerprint density at radius 1 is 1.00 bits per heavy atom. The van der Waals surface area contributed by atoms with E-state index in [1.165, 1.54) is 32.0 Å². The summed E-state index contributed by atoms with van der Waals surface area (Å²) in [5.74, 6) is -1.05. The minimum absolute atomic E-state index is 0.00704. The van der Waals surface area contributed by atoms with Crippen molar-refractivity contribution in [3.63, 3.8) is 0 Å². The van der Waals surface area contributed by atoms with Gasteiger partial charge in [0, 0.05) is 19.4 Å². The Labute approximate surface area is 103 Å². The van der Waals surface area contributed by atoms with E-state index in [1.54, 1.807) is 0 Å². The number of hydrogen-bond donors (Lipinski definition) is 1. The van der Waals surface area contributed by atoms with E-state index in [-0.39, 0.29) is 17.1 Å². The summed E-state index contributed by atoms with van der Waals surface area (Å²) < 4.78 is 9.66. The largest absolute Gasteiger partial charge is 0.423 e. The van der Waals surface area contributed by atoms with Gasteiger partial charge in [-0.25, -0.2) is 0 Å². The van der Waals surface area contributed by atoms with Crippen molar-refractivity contribution in [1.29, 1.82) is 0 Å². The summed E-state index contributed by atoms with van der Waals surface area (Å²) in [6.07, 6.45) is 0. The summed E-state index contributed by atoms with van der Waals surface area (Å²) in [4.78, 5) is 32.7. The average Bonchev–Trinajstić information content (AvgIpc) is 2.18. The Bertz CT molecular complexity index is 481. The van der Waals surface area contributed by atoms with Crippen LogP contribution < -0.4 is 9.47 Å². The van der Waals surface area contributed by atoms with E-state index in [0.29, 0.717) is 0 Å². The molecule has 0 saturated carbocycles. The van der Waals surface area contributed by atoms with Gasteiger partial charge >= 0.3 is 11.9 Å². The molecule has 0 spiro atoms. The fraction of sp³-hybridized carbons (Fsp3) is 0.182. The number of esters is 2. The molecule has 17 heavy (non-hydrogen) atoms. The zero-order chi connectivity index (χ0) is 13.0. The second-order valence-corrected chi connectivity index (χ2v) is 3.56. The van der Waals surface area contributed by atoms with Crippen LogP contribution in [0, 0.1) is 0 Å². The summed E-state index contributed by atoms with van der Waals surface area (Å²) >= 11 is 3.64. The summed E-state index contributed by atoms with van der Waals surface area (Å²) in [5.41, 5.74) is 0.237. The van der Waals surface area contributed by atoms with Crippen molar-refractivity contribution in [3.05, 3.63) is 23.8 Å². The highest BCUT2D eigenvalue weighted by molar-refractivity contribution is 7.97. The van der Waals surface area contributed by atoms with Crippen LogP contribution in [0.4, 0.5) is 0 Å². The molecule has 6 heteroatoms. The normalized spacial score (nSPS) is 9.59. The van der Waals surface area contributed by atoms with Gasteiger partial charge in [-0.15, -0.1) is 12.6 Å². The number of rotatable bonds is 3. The molecule has 0 fully saturated rings. The van der Waals surface area contributed by atoms with Crippen molar-refractivity contribution < 1.29 is 23.9 Å². The zero-order valence-corrected chi connectivity index (χ0v) is 10.1. The molecule has 0 bridgehead atoms. The molecule has 0 aliphatic rings. The third kappa shape index (κ3) is 3.92. The van der Waals surface area contributed by atoms with Gasteiger partial charge in [0.1, 0.15) is 0 Å². The highest BCUT2D eigenvalue weighted by Crippen LogP contribution is 2.29. The van der Waals surface area contributed by atoms with Crippen LogP contribution in [0.5, 0.6) is 11.5 Å². The first-order chi connectivity index (χ1) is 7.90. The van der Waals surface area contributed by atoms with Gasteiger partial charge in [0.15, 0.2) is 11.5 Å². The zero-order valence-electron chi connectivity index (χ0n) is 9.22. The summed E-state index contributed by atoms with van der Waals surface area (Å²) in [6, 6.07) is 4.07. The first kappa shape index (κ1) is 13.2. The second-order valence-electron chi connectivity index (χ2n) is 3.15. The molecule has 1 aromatic carbocycles.